The van der Waals surface area contributed by atoms with Gasteiger partial charge in [0, 0.05) is 43.7 Å². The zero-order valence-corrected chi connectivity index (χ0v) is 12.3. The lowest BCUT2D eigenvalue weighted by Gasteiger charge is -2.26. The van der Waals surface area contributed by atoms with Crippen molar-refractivity contribution in [1.29, 1.82) is 0 Å². The lowest BCUT2D eigenvalue weighted by Crippen LogP contribution is -2.32. The van der Waals surface area contributed by atoms with E-state index in [-0.39, 0.29) is 0 Å². The van der Waals surface area contributed by atoms with E-state index in [1.54, 1.807) is 0 Å². The Hall–Kier alpha value is -0.510. The van der Waals surface area contributed by atoms with Gasteiger partial charge >= 0.3 is 0 Å². The molecule has 1 N–H and O–H groups in total. The van der Waals surface area contributed by atoms with Gasteiger partial charge in [-0.1, -0.05) is 38.1 Å². The highest BCUT2D eigenvalue weighted by atomic mass is 32.2. The van der Waals surface area contributed by atoms with Crippen molar-refractivity contribution in [2.24, 2.45) is 0 Å². The Labute approximate surface area is 115 Å². The molecule has 1 saturated heterocycles. The summed E-state index contributed by atoms with van der Waals surface area (Å²) < 4.78 is 0. The Morgan fingerprint density at radius 3 is 2.67 bits per heavy atom. The van der Waals surface area contributed by atoms with Crippen LogP contribution in [0.2, 0.25) is 0 Å². The zero-order valence-electron chi connectivity index (χ0n) is 11.5. The highest BCUT2D eigenvalue weighted by Crippen LogP contribution is 2.14. The number of hydrogen-bond acceptors (Lipinski definition) is 3. The third kappa shape index (κ3) is 4.63. The molecule has 0 radical (unpaired) electrons. The van der Waals surface area contributed by atoms with E-state index in [2.05, 4.69) is 60.1 Å². The van der Waals surface area contributed by atoms with Crippen LogP contribution in [0, 0.1) is 0 Å². The molecule has 0 aromatic heterocycles. The summed E-state index contributed by atoms with van der Waals surface area (Å²) >= 11 is 2.07. The van der Waals surface area contributed by atoms with E-state index in [4.69, 9.17) is 0 Å². The Morgan fingerprint density at radius 2 is 1.94 bits per heavy atom. The summed E-state index contributed by atoms with van der Waals surface area (Å²) in [6.07, 6.45) is 0. The number of thioether (sulfide) groups is 1. The molecule has 0 bridgehead atoms. The van der Waals surface area contributed by atoms with Crippen molar-refractivity contribution in [3.63, 3.8) is 0 Å². The van der Waals surface area contributed by atoms with E-state index >= 15 is 0 Å². The van der Waals surface area contributed by atoms with Crippen molar-refractivity contribution < 1.29 is 0 Å². The summed E-state index contributed by atoms with van der Waals surface area (Å²) in [7, 11) is 0. The summed E-state index contributed by atoms with van der Waals surface area (Å²) in [5.41, 5.74) is 2.84. The molecule has 0 unspecified atom stereocenters. The van der Waals surface area contributed by atoms with Crippen LogP contribution >= 0.6 is 11.8 Å². The molecule has 18 heavy (non-hydrogen) atoms. The Balaban J connectivity index is 1.89. The Kier molecular flexibility index (Phi) is 5.54. The molecule has 2 nitrogen and oxygen atoms in total. The fourth-order valence-corrected chi connectivity index (χ4v) is 3.16. The quantitative estimate of drug-likeness (QED) is 0.880. The molecule has 1 aliphatic rings. The minimum Gasteiger partial charge on any atom is -0.310 e. The summed E-state index contributed by atoms with van der Waals surface area (Å²) in [6, 6.07) is 9.54. The molecule has 1 aliphatic heterocycles. The lowest BCUT2D eigenvalue weighted by molar-refractivity contribution is 0.294. The topological polar surface area (TPSA) is 15.3 Å². The highest BCUT2D eigenvalue weighted by molar-refractivity contribution is 7.99. The van der Waals surface area contributed by atoms with Gasteiger partial charge < -0.3 is 5.32 Å². The van der Waals surface area contributed by atoms with Crippen molar-refractivity contribution in [2.75, 3.05) is 24.6 Å². The van der Waals surface area contributed by atoms with Crippen LogP contribution in [0.1, 0.15) is 25.0 Å². The molecule has 0 spiro atoms. The maximum atomic E-state index is 3.48. The molecular weight excluding hydrogens is 240 g/mol. The van der Waals surface area contributed by atoms with Crippen LogP contribution in [0.25, 0.3) is 0 Å². The zero-order chi connectivity index (χ0) is 12.8. The van der Waals surface area contributed by atoms with Gasteiger partial charge in [-0.25, -0.2) is 0 Å². The third-order valence-electron chi connectivity index (χ3n) is 3.22. The van der Waals surface area contributed by atoms with Gasteiger partial charge in [-0.05, 0) is 11.1 Å². The second-order valence-electron chi connectivity index (χ2n) is 5.24. The molecule has 100 valence electrons. The first-order valence-corrected chi connectivity index (χ1v) is 8.01. The number of rotatable bonds is 5. The maximum absolute atomic E-state index is 3.48. The largest absolute Gasteiger partial charge is 0.310 e. The molecule has 1 fully saturated rings. The predicted octanol–water partition coefficient (Wildman–Crippen LogP) is 2.73. The minimum absolute atomic E-state index is 0.549. The molecule has 0 amide bonds. The van der Waals surface area contributed by atoms with E-state index in [0.717, 1.165) is 13.1 Å². The molecule has 3 heteroatoms. The first kappa shape index (κ1) is 13.9. The normalized spacial score (nSPS) is 17.3. The van der Waals surface area contributed by atoms with Gasteiger partial charge in [0.1, 0.15) is 0 Å². The third-order valence-corrected chi connectivity index (χ3v) is 4.16. The van der Waals surface area contributed by atoms with Crippen LogP contribution < -0.4 is 5.32 Å². The summed E-state index contributed by atoms with van der Waals surface area (Å²) in [6.45, 7) is 8.93. The molecule has 2 rings (SSSR count). The van der Waals surface area contributed by atoms with Crippen LogP contribution in [0.3, 0.4) is 0 Å². The molecule has 1 aromatic carbocycles. The number of nitrogens with one attached hydrogen (secondary N) is 1. The fourth-order valence-electron chi connectivity index (χ4n) is 2.18. The Morgan fingerprint density at radius 1 is 1.22 bits per heavy atom. The van der Waals surface area contributed by atoms with Crippen molar-refractivity contribution >= 4 is 11.8 Å². The van der Waals surface area contributed by atoms with Crippen molar-refractivity contribution in [1.82, 2.24) is 10.2 Å². The first-order chi connectivity index (χ1) is 8.74. The van der Waals surface area contributed by atoms with Crippen LogP contribution in [-0.2, 0) is 13.1 Å². The predicted molar refractivity (Wildman–Crippen MR) is 81.0 cm³/mol. The van der Waals surface area contributed by atoms with Gasteiger partial charge in [-0.15, -0.1) is 0 Å². The van der Waals surface area contributed by atoms with Crippen molar-refractivity contribution in [3.8, 4) is 0 Å². The molecule has 0 aliphatic carbocycles. The SMILES string of the molecule is CC(C)NCc1cccc(CN2CCSCC2)c1. The van der Waals surface area contributed by atoms with E-state index in [1.165, 1.54) is 35.7 Å². The van der Waals surface area contributed by atoms with E-state index in [1.807, 2.05) is 0 Å². The Bertz CT molecular complexity index is 359. The number of nitrogens with zero attached hydrogens (tertiary/aromatic N) is 1. The lowest BCUT2D eigenvalue weighted by atomic mass is 10.1. The molecule has 0 saturated carbocycles. The second-order valence-corrected chi connectivity index (χ2v) is 6.47. The minimum atomic E-state index is 0.549. The standard InChI is InChI=1S/C15H24N2S/c1-13(2)16-11-14-4-3-5-15(10-14)12-17-6-8-18-9-7-17/h3-5,10,13,16H,6-9,11-12H2,1-2H3. The van der Waals surface area contributed by atoms with Gasteiger partial charge in [0.05, 0.1) is 0 Å². The summed E-state index contributed by atoms with van der Waals surface area (Å²) in [4.78, 5) is 2.56. The molecular formula is C15H24N2S. The fraction of sp³-hybridized carbons (Fsp3) is 0.600. The van der Waals surface area contributed by atoms with E-state index in [9.17, 15) is 0 Å². The average molecular weight is 264 g/mol. The van der Waals surface area contributed by atoms with Crippen molar-refractivity contribution in [3.05, 3.63) is 35.4 Å². The van der Waals surface area contributed by atoms with Crippen molar-refractivity contribution in [2.45, 2.75) is 33.0 Å². The van der Waals surface area contributed by atoms with Gasteiger partial charge in [0.2, 0.25) is 0 Å². The van der Waals surface area contributed by atoms with Crippen LogP contribution in [0.15, 0.2) is 24.3 Å². The van der Waals surface area contributed by atoms with Gasteiger partial charge in [0.25, 0.3) is 0 Å². The molecule has 1 aromatic rings. The molecule has 1 heterocycles. The van der Waals surface area contributed by atoms with Crippen LogP contribution in [0.4, 0.5) is 0 Å². The number of hydrogen-bond donors (Lipinski definition) is 1. The second kappa shape index (κ2) is 7.17. The summed E-state index contributed by atoms with van der Waals surface area (Å²) in [5, 5.41) is 3.48. The van der Waals surface area contributed by atoms with Gasteiger partial charge in [-0.2, -0.15) is 11.8 Å². The van der Waals surface area contributed by atoms with E-state index in [0.29, 0.717) is 6.04 Å². The van der Waals surface area contributed by atoms with Crippen LogP contribution in [-0.4, -0.2) is 35.5 Å². The van der Waals surface area contributed by atoms with E-state index < -0.39 is 0 Å². The van der Waals surface area contributed by atoms with Crippen LogP contribution in [0.5, 0.6) is 0 Å². The smallest absolute Gasteiger partial charge is 0.0234 e. The average Bonchev–Trinajstić information content (AvgIpc) is 2.38. The molecule has 0 atom stereocenters. The van der Waals surface area contributed by atoms with Gasteiger partial charge in [0.15, 0.2) is 0 Å². The highest BCUT2D eigenvalue weighted by Gasteiger charge is 2.10. The summed E-state index contributed by atoms with van der Waals surface area (Å²) in [5.74, 6) is 2.57. The monoisotopic (exact) mass is 264 g/mol. The number of benzene rings is 1. The first-order valence-electron chi connectivity index (χ1n) is 6.85. The van der Waals surface area contributed by atoms with Gasteiger partial charge in [-0.3, -0.25) is 4.90 Å². The maximum Gasteiger partial charge on any atom is 0.0234 e.